The molecule has 168 valence electrons. The van der Waals surface area contributed by atoms with E-state index in [-0.39, 0.29) is 60.7 Å². The molecule has 1 aliphatic heterocycles. The summed E-state index contributed by atoms with van der Waals surface area (Å²) in [6, 6.07) is 3.68. The van der Waals surface area contributed by atoms with Crippen molar-refractivity contribution in [3.63, 3.8) is 0 Å². The van der Waals surface area contributed by atoms with Crippen LogP contribution in [0.1, 0.15) is 20.8 Å². The summed E-state index contributed by atoms with van der Waals surface area (Å²) < 4.78 is 35.6. The van der Waals surface area contributed by atoms with Crippen molar-refractivity contribution in [3.8, 4) is 5.75 Å². The van der Waals surface area contributed by atoms with Crippen LogP contribution in [0, 0.1) is 5.41 Å². The Hall–Kier alpha value is -2.30. The molecule has 3 N–H and O–H groups in total. The lowest BCUT2D eigenvalue weighted by molar-refractivity contribution is -0.126. The van der Waals surface area contributed by atoms with E-state index in [2.05, 4.69) is 30.8 Å². The molecule has 1 aromatic rings. The molecule has 2 rings (SSSR count). The number of anilines is 2. The van der Waals surface area contributed by atoms with Crippen molar-refractivity contribution >= 4 is 23.2 Å². The molecule has 8 nitrogen and oxygen atoms in total. The van der Waals surface area contributed by atoms with Crippen LogP contribution in [-0.4, -0.2) is 69.3 Å². The average molecular weight is 428 g/mol. The van der Waals surface area contributed by atoms with Crippen LogP contribution in [0.3, 0.4) is 0 Å². The molecule has 1 atom stereocenters. The third-order valence-electron chi connectivity index (χ3n) is 4.50. The van der Waals surface area contributed by atoms with Gasteiger partial charge in [-0.3, -0.25) is 14.5 Å². The Morgan fingerprint density at radius 1 is 1.40 bits per heavy atom. The van der Waals surface area contributed by atoms with Gasteiger partial charge < -0.3 is 25.4 Å². The minimum Gasteiger partial charge on any atom is -0.433 e. The monoisotopic (exact) mass is 428 g/mol. The van der Waals surface area contributed by atoms with E-state index in [9.17, 15) is 18.4 Å². The Bertz CT molecular complexity index is 755. The molecule has 0 radical (unpaired) electrons. The summed E-state index contributed by atoms with van der Waals surface area (Å²) in [5.41, 5.74) is 6.23. The highest BCUT2D eigenvalue weighted by Crippen LogP contribution is 2.33. The highest BCUT2D eigenvalue weighted by molar-refractivity contribution is 5.98. The maximum absolute atomic E-state index is 12.9. The van der Waals surface area contributed by atoms with Gasteiger partial charge >= 0.3 is 6.61 Å². The molecule has 1 heterocycles. The largest absolute Gasteiger partial charge is 0.433 e. The Balaban J connectivity index is 2.22. The first-order valence-corrected chi connectivity index (χ1v) is 9.70. The zero-order valence-electron chi connectivity index (χ0n) is 17.8. The fraction of sp³-hybridized carbons (Fsp3) is 0.600. The minimum atomic E-state index is -3.08. The summed E-state index contributed by atoms with van der Waals surface area (Å²) in [4.78, 5) is 28.0. The second-order valence-corrected chi connectivity index (χ2v) is 8.38. The number of rotatable bonds is 8. The first kappa shape index (κ1) is 24.0. The number of hydrogen-bond acceptors (Lipinski definition) is 6. The molecule has 2 amide bonds. The predicted molar refractivity (Wildman–Crippen MR) is 110 cm³/mol. The third-order valence-corrected chi connectivity index (χ3v) is 4.50. The summed E-state index contributed by atoms with van der Waals surface area (Å²) in [7, 11) is 1.81. The van der Waals surface area contributed by atoms with Crippen molar-refractivity contribution in [1.29, 1.82) is 0 Å². The van der Waals surface area contributed by atoms with E-state index in [4.69, 9.17) is 10.5 Å². The quantitative estimate of drug-likeness (QED) is 0.657. The van der Waals surface area contributed by atoms with Gasteiger partial charge in [0.2, 0.25) is 5.91 Å². The molecule has 1 saturated heterocycles. The van der Waals surface area contributed by atoms with E-state index in [0.29, 0.717) is 6.54 Å². The van der Waals surface area contributed by atoms with Gasteiger partial charge in [0.15, 0.2) is 5.75 Å². The van der Waals surface area contributed by atoms with Gasteiger partial charge in [0.25, 0.3) is 5.91 Å². The van der Waals surface area contributed by atoms with E-state index >= 15 is 0 Å². The number of nitrogens with zero attached hydrogens (tertiary/aromatic N) is 2. The molecule has 0 aromatic heterocycles. The third kappa shape index (κ3) is 6.61. The van der Waals surface area contributed by atoms with E-state index in [1.807, 2.05) is 4.90 Å². The Morgan fingerprint density at radius 3 is 2.67 bits per heavy atom. The van der Waals surface area contributed by atoms with Crippen molar-refractivity contribution in [2.45, 2.75) is 33.4 Å². The van der Waals surface area contributed by atoms with E-state index in [1.165, 1.54) is 23.1 Å². The van der Waals surface area contributed by atoms with Crippen molar-refractivity contribution in [1.82, 2.24) is 4.90 Å². The lowest BCUT2D eigenvalue weighted by Gasteiger charge is -2.32. The van der Waals surface area contributed by atoms with Crippen LogP contribution in [0.25, 0.3) is 0 Å². The van der Waals surface area contributed by atoms with Gasteiger partial charge in [-0.25, -0.2) is 0 Å². The SMILES string of the molecule is CN(CC(C)(C)C)[C@H](CN)C(=O)Nc1ccc(N2CCOCC2=O)c(OC(F)F)c1. The Labute approximate surface area is 175 Å². The van der Waals surface area contributed by atoms with Gasteiger partial charge in [0.05, 0.1) is 12.3 Å². The molecular formula is C20H30F2N4O4. The van der Waals surface area contributed by atoms with Crippen LogP contribution in [0.2, 0.25) is 0 Å². The predicted octanol–water partition coefficient (Wildman–Crippen LogP) is 1.89. The summed E-state index contributed by atoms with van der Waals surface area (Å²) in [6.07, 6.45) is 0. The first-order valence-electron chi connectivity index (χ1n) is 9.70. The normalized spacial score (nSPS) is 16.2. The second kappa shape index (κ2) is 10.1. The van der Waals surface area contributed by atoms with Crippen LogP contribution in [-0.2, 0) is 14.3 Å². The van der Waals surface area contributed by atoms with Crippen LogP contribution < -0.4 is 20.7 Å². The molecule has 0 aliphatic carbocycles. The summed E-state index contributed by atoms with van der Waals surface area (Å²) in [5.74, 6) is -0.919. The maximum atomic E-state index is 12.9. The molecular weight excluding hydrogens is 398 g/mol. The van der Waals surface area contributed by atoms with Gasteiger partial charge in [-0.1, -0.05) is 20.8 Å². The van der Waals surface area contributed by atoms with Crippen molar-refractivity contribution in [2.75, 3.05) is 50.1 Å². The number of carbonyl (C=O) groups is 2. The van der Waals surface area contributed by atoms with Crippen molar-refractivity contribution < 1.29 is 27.8 Å². The average Bonchev–Trinajstić information content (AvgIpc) is 2.61. The van der Waals surface area contributed by atoms with Gasteiger partial charge in [0, 0.05) is 31.4 Å². The molecule has 0 spiro atoms. The molecule has 30 heavy (non-hydrogen) atoms. The van der Waals surface area contributed by atoms with Crippen LogP contribution >= 0.6 is 0 Å². The number of morpholine rings is 1. The summed E-state index contributed by atoms with van der Waals surface area (Å²) >= 11 is 0. The molecule has 0 saturated carbocycles. The number of nitrogens with one attached hydrogen (secondary N) is 1. The number of likely N-dealkylation sites (N-methyl/N-ethyl adjacent to an activating group) is 1. The number of nitrogens with two attached hydrogens (primary N) is 1. The smallest absolute Gasteiger partial charge is 0.387 e. The Kier molecular flexibility index (Phi) is 8.10. The van der Waals surface area contributed by atoms with Crippen LogP contribution in [0.5, 0.6) is 5.75 Å². The molecule has 1 aromatic carbocycles. The van der Waals surface area contributed by atoms with Gasteiger partial charge in [-0.2, -0.15) is 8.78 Å². The molecule has 0 unspecified atom stereocenters. The number of benzene rings is 1. The number of hydrogen-bond donors (Lipinski definition) is 2. The lowest BCUT2D eigenvalue weighted by atomic mass is 9.95. The minimum absolute atomic E-state index is 0.0347. The molecule has 1 fully saturated rings. The standard InChI is InChI=1S/C20H30F2N4O4/c1-20(2,3)12-25(4)15(10-23)18(28)24-13-5-6-14(16(9-13)30-19(21)22)26-7-8-29-11-17(26)27/h5-6,9,15,19H,7-8,10-12,23H2,1-4H3,(H,24,28)/t15-/m1/s1. The van der Waals surface area contributed by atoms with Gasteiger partial charge in [-0.15, -0.1) is 0 Å². The fourth-order valence-electron chi connectivity index (χ4n) is 3.35. The summed E-state index contributed by atoms with van der Waals surface area (Å²) in [6.45, 7) is 4.18. The molecule has 1 aliphatic rings. The Morgan fingerprint density at radius 2 is 2.10 bits per heavy atom. The van der Waals surface area contributed by atoms with Gasteiger partial charge in [0.1, 0.15) is 12.6 Å². The highest BCUT2D eigenvalue weighted by atomic mass is 19.3. The fourth-order valence-corrected chi connectivity index (χ4v) is 3.35. The topological polar surface area (TPSA) is 97.1 Å². The zero-order valence-corrected chi connectivity index (χ0v) is 17.8. The highest BCUT2D eigenvalue weighted by Gasteiger charge is 2.27. The van der Waals surface area contributed by atoms with Crippen LogP contribution in [0.4, 0.5) is 20.2 Å². The second-order valence-electron chi connectivity index (χ2n) is 8.38. The van der Waals surface area contributed by atoms with E-state index in [0.717, 1.165) is 0 Å². The number of amides is 2. The van der Waals surface area contributed by atoms with Crippen LogP contribution in [0.15, 0.2) is 18.2 Å². The van der Waals surface area contributed by atoms with E-state index in [1.54, 1.807) is 7.05 Å². The number of halogens is 2. The molecule has 0 bridgehead atoms. The number of ether oxygens (including phenoxy) is 2. The zero-order chi connectivity index (χ0) is 22.5. The van der Waals surface area contributed by atoms with Gasteiger partial charge in [-0.05, 0) is 24.6 Å². The van der Waals surface area contributed by atoms with Crippen molar-refractivity contribution in [2.24, 2.45) is 11.1 Å². The van der Waals surface area contributed by atoms with Crippen molar-refractivity contribution in [3.05, 3.63) is 18.2 Å². The molecule has 10 heteroatoms. The lowest BCUT2D eigenvalue weighted by Crippen LogP contribution is -2.49. The number of carbonyl (C=O) groups excluding carboxylic acids is 2. The number of alkyl halides is 2. The van der Waals surface area contributed by atoms with E-state index < -0.39 is 12.7 Å². The summed E-state index contributed by atoms with van der Waals surface area (Å²) in [5, 5.41) is 2.70. The first-order chi connectivity index (χ1) is 14.0. The maximum Gasteiger partial charge on any atom is 0.387 e.